The van der Waals surface area contributed by atoms with Crippen LogP contribution in [-0.4, -0.2) is 20.2 Å². The number of benzene rings is 2. The molecule has 4 aromatic rings. The average molecular weight is 320 g/mol. The minimum atomic E-state index is -0.248. The van der Waals surface area contributed by atoms with Crippen molar-refractivity contribution in [2.45, 2.75) is 20.3 Å². The van der Waals surface area contributed by atoms with E-state index in [1.54, 1.807) is 6.20 Å². The third-order valence-electron chi connectivity index (χ3n) is 4.13. The highest BCUT2D eigenvalue weighted by Gasteiger charge is 2.15. The molecule has 4 nitrogen and oxygen atoms in total. The molecule has 2 aromatic carbocycles. The number of nitrogens with one attached hydrogen (secondary N) is 2. The molecule has 0 aliphatic carbocycles. The quantitative estimate of drug-likeness (QED) is 0.578. The summed E-state index contributed by atoms with van der Waals surface area (Å²) in [4.78, 5) is 8.06. The molecule has 0 atom stereocenters. The van der Waals surface area contributed by atoms with Gasteiger partial charge in [0.05, 0.1) is 23.1 Å². The number of hydrogen-bond acceptors (Lipinski definition) is 2. The molecule has 120 valence electrons. The van der Waals surface area contributed by atoms with Gasteiger partial charge in [-0.25, -0.2) is 9.37 Å². The van der Waals surface area contributed by atoms with Crippen LogP contribution < -0.4 is 0 Å². The number of aromatic amines is 2. The van der Waals surface area contributed by atoms with Crippen molar-refractivity contribution in [2.75, 3.05) is 0 Å². The first-order valence-electron chi connectivity index (χ1n) is 7.94. The fourth-order valence-corrected chi connectivity index (χ4v) is 2.98. The molecule has 4 rings (SSSR count). The maximum atomic E-state index is 13.9. The average Bonchev–Trinajstić information content (AvgIpc) is 3.19. The molecule has 2 heterocycles. The second kappa shape index (κ2) is 5.60. The molecule has 0 saturated carbocycles. The highest BCUT2D eigenvalue weighted by Crippen LogP contribution is 2.32. The van der Waals surface area contributed by atoms with Gasteiger partial charge in [0.25, 0.3) is 0 Å². The zero-order chi connectivity index (χ0) is 16.7. The van der Waals surface area contributed by atoms with Crippen molar-refractivity contribution < 1.29 is 4.39 Å². The van der Waals surface area contributed by atoms with Crippen molar-refractivity contribution in [1.82, 2.24) is 20.2 Å². The van der Waals surface area contributed by atoms with Crippen LogP contribution in [0.15, 0.2) is 42.6 Å². The van der Waals surface area contributed by atoms with Crippen LogP contribution in [0.25, 0.3) is 33.4 Å². The predicted octanol–water partition coefficient (Wildman–Crippen LogP) is 4.63. The van der Waals surface area contributed by atoms with Gasteiger partial charge in [0.15, 0.2) is 0 Å². The summed E-state index contributed by atoms with van der Waals surface area (Å²) in [6.45, 7) is 3.93. The molecule has 2 N–H and O–H groups in total. The number of aryl methyl sites for hydroxylation is 2. The third kappa shape index (κ3) is 2.48. The Hall–Kier alpha value is -2.95. The van der Waals surface area contributed by atoms with Gasteiger partial charge in [0, 0.05) is 22.9 Å². The molecule has 0 fully saturated rings. The highest BCUT2D eigenvalue weighted by atomic mass is 19.1. The topological polar surface area (TPSA) is 57.4 Å². The van der Waals surface area contributed by atoms with Gasteiger partial charge in [-0.3, -0.25) is 5.10 Å². The molecule has 0 unspecified atom stereocenters. The minimum absolute atomic E-state index is 0.248. The van der Waals surface area contributed by atoms with Crippen LogP contribution in [0, 0.1) is 12.7 Å². The molecule has 0 spiro atoms. The van der Waals surface area contributed by atoms with Gasteiger partial charge in [-0.15, -0.1) is 0 Å². The van der Waals surface area contributed by atoms with Crippen LogP contribution in [0.2, 0.25) is 0 Å². The largest absolute Gasteiger partial charge is 0.341 e. The van der Waals surface area contributed by atoms with E-state index in [1.165, 1.54) is 12.1 Å². The Balaban J connectivity index is 1.92. The van der Waals surface area contributed by atoms with Gasteiger partial charge in [0.1, 0.15) is 11.6 Å². The van der Waals surface area contributed by atoms with Crippen LogP contribution in [-0.2, 0) is 6.42 Å². The monoisotopic (exact) mass is 320 g/mol. The summed E-state index contributed by atoms with van der Waals surface area (Å²) < 4.78 is 13.9. The second-order valence-corrected chi connectivity index (χ2v) is 5.95. The number of halogens is 1. The van der Waals surface area contributed by atoms with Crippen molar-refractivity contribution >= 4 is 10.9 Å². The van der Waals surface area contributed by atoms with E-state index in [4.69, 9.17) is 0 Å². The predicted molar refractivity (Wildman–Crippen MR) is 93.2 cm³/mol. The first kappa shape index (κ1) is 14.6. The van der Waals surface area contributed by atoms with Gasteiger partial charge < -0.3 is 4.98 Å². The Kier molecular flexibility index (Phi) is 3.41. The highest BCUT2D eigenvalue weighted by molar-refractivity contribution is 5.87. The van der Waals surface area contributed by atoms with Crippen LogP contribution in [0.3, 0.4) is 0 Å². The summed E-state index contributed by atoms with van der Waals surface area (Å²) in [6.07, 6.45) is 2.58. The SMILES string of the molecule is CCc1nc(-c2cc(C)cc(F)c2)c(-c2ccc3[nH]ncc3c2)[nH]1. The molecular formula is C19H17FN4. The number of hydrogen-bond donors (Lipinski definition) is 2. The lowest BCUT2D eigenvalue weighted by Gasteiger charge is -2.05. The number of H-pyrrole nitrogens is 2. The van der Waals surface area contributed by atoms with Crippen molar-refractivity contribution in [1.29, 1.82) is 0 Å². The van der Waals surface area contributed by atoms with E-state index in [-0.39, 0.29) is 5.82 Å². The molecule has 0 radical (unpaired) electrons. The van der Waals surface area contributed by atoms with Crippen LogP contribution in [0.5, 0.6) is 0 Å². The van der Waals surface area contributed by atoms with Gasteiger partial charge in [0.2, 0.25) is 0 Å². The van der Waals surface area contributed by atoms with E-state index in [2.05, 4.69) is 26.2 Å². The molecule has 0 amide bonds. The molecule has 0 bridgehead atoms. The smallest absolute Gasteiger partial charge is 0.124 e. The van der Waals surface area contributed by atoms with Gasteiger partial charge >= 0.3 is 0 Å². The lowest BCUT2D eigenvalue weighted by molar-refractivity contribution is 0.627. The molecule has 0 aliphatic heterocycles. The molecule has 0 saturated heterocycles. The van der Waals surface area contributed by atoms with Crippen LogP contribution >= 0.6 is 0 Å². The normalized spacial score (nSPS) is 11.3. The molecule has 2 aromatic heterocycles. The summed E-state index contributed by atoms with van der Waals surface area (Å²) in [5.41, 5.74) is 5.33. The lowest BCUT2D eigenvalue weighted by atomic mass is 10.0. The molecular weight excluding hydrogens is 303 g/mol. The number of nitrogens with zero attached hydrogens (tertiary/aromatic N) is 2. The summed E-state index contributed by atoms with van der Waals surface area (Å²) in [7, 11) is 0. The first-order chi connectivity index (χ1) is 11.6. The minimum Gasteiger partial charge on any atom is -0.341 e. The van der Waals surface area contributed by atoms with Crippen LogP contribution in [0.4, 0.5) is 4.39 Å². The Morgan fingerprint density at radius 3 is 2.75 bits per heavy atom. The number of rotatable bonds is 3. The van der Waals surface area contributed by atoms with Crippen LogP contribution in [0.1, 0.15) is 18.3 Å². The standard InChI is InChI=1S/C19H17FN4/c1-3-17-22-18(12-4-5-16-14(8-12)10-21-24-16)19(23-17)13-6-11(2)7-15(20)9-13/h4-10H,3H2,1-2H3,(H,21,24)(H,22,23). The van der Waals surface area contributed by atoms with Gasteiger partial charge in [-0.2, -0.15) is 5.10 Å². The summed E-state index contributed by atoms with van der Waals surface area (Å²) >= 11 is 0. The second-order valence-electron chi connectivity index (χ2n) is 5.95. The summed E-state index contributed by atoms with van der Waals surface area (Å²) in [5.74, 6) is 0.636. The zero-order valence-corrected chi connectivity index (χ0v) is 13.5. The number of fused-ring (bicyclic) bond motifs is 1. The van der Waals surface area contributed by atoms with E-state index in [0.717, 1.165) is 51.2 Å². The van der Waals surface area contributed by atoms with E-state index >= 15 is 0 Å². The third-order valence-corrected chi connectivity index (χ3v) is 4.13. The Morgan fingerprint density at radius 1 is 1.08 bits per heavy atom. The zero-order valence-electron chi connectivity index (χ0n) is 13.5. The van der Waals surface area contributed by atoms with E-state index in [1.807, 2.05) is 32.0 Å². The number of aromatic nitrogens is 4. The lowest BCUT2D eigenvalue weighted by Crippen LogP contribution is -1.87. The van der Waals surface area contributed by atoms with Crippen molar-refractivity contribution in [3.8, 4) is 22.5 Å². The molecule has 5 heteroatoms. The van der Waals surface area contributed by atoms with Gasteiger partial charge in [-0.1, -0.05) is 13.0 Å². The fraction of sp³-hybridized carbons (Fsp3) is 0.158. The van der Waals surface area contributed by atoms with Crippen molar-refractivity contribution in [3.63, 3.8) is 0 Å². The maximum Gasteiger partial charge on any atom is 0.124 e. The maximum absolute atomic E-state index is 13.9. The Labute approximate surface area is 138 Å². The fourth-order valence-electron chi connectivity index (χ4n) is 2.98. The Morgan fingerprint density at radius 2 is 1.96 bits per heavy atom. The Bertz CT molecular complexity index is 1010. The first-order valence-corrected chi connectivity index (χ1v) is 7.94. The summed E-state index contributed by atoms with van der Waals surface area (Å²) in [5, 5.41) is 8.04. The summed E-state index contributed by atoms with van der Waals surface area (Å²) in [6, 6.07) is 11.1. The van der Waals surface area contributed by atoms with E-state index in [9.17, 15) is 4.39 Å². The van der Waals surface area contributed by atoms with Crippen molar-refractivity contribution in [3.05, 3.63) is 59.8 Å². The molecule has 0 aliphatic rings. The van der Waals surface area contributed by atoms with E-state index < -0.39 is 0 Å². The van der Waals surface area contributed by atoms with E-state index in [0.29, 0.717) is 0 Å². The van der Waals surface area contributed by atoms with Crippen molar-refractivity contribution in [2.24, 2.45) is 0 Å². The number of imidazole rings is 1. The molecule has 24 heavy (non-hydrogen) atoms. The van der Waals surface area contributed by atoms with Gasteiger partial charge in [-0.05, 0) is 42.8 Å².